The van der Waals surface area contributed by atoms with Gasteiger partial charge in [-0.2, -0.15) is 0 Å². The highest BCUT2D eigenvalue weighted by Gasteiger charge is 2.35. The van der Waals surface area contributed by atoms with Crippen LogP contribution in [0.2, 0.25) is 0 Å². The molecule has 1 aromatic carbocycles. The highest BCUT2D eigenvalue weighted by molar-refractivity contribution is 5.91. The number of nitrogens with one attached hydrogen (secondary N) is 1. The van der Waals surface area contributed by atoms with E-state index < -0.39 is 0 Å². The van der Waals surface area contributed by atoms with Crippen LogP contribution in [0.1, 0.15) is 25.7 Å². The lowest BCUT2D eigenvalue weighted by molar-refractivity contribution is -0.119. The molecule has 1 saturated carbocycles. The van der Waals surface area contributed by atoms with E-state index in [2.05, 4.69) is 10.2 Å². The predicted molar refractivity (Wildman–Crippen MR) is 94.3 cm³/mol. The molecule has 2 atom stereocenters. The van der Waals surface area contributed by atoms with Gasteiger partial charge >= 0.3 is 0 Å². The lowest BCUT2D eigenvalue weighted by atomic mass is 10.0. The van der Waals surface area contributed by atoms with E-state index >= 15 is 0 Å². The number of nitrogens with zero attached hydrogens (tertiary/aromatic N) is 1. The van der Waals surface area contributed by atoms with Crippen LogP contribution < -0.4 is 10.1 Å². The number of carbonyl (C=O) groups excluding carboxylic acids is 1. The molecule has 24 heavy (non-hydrogen) atoms. The number of amides is 1. The fourth-order valence-electron chi connectivity index (χ4n) is 3.96. The number of likely N-dealkylation sites (tertiary alicyclic amines) is 1. The quantitative estimate of drug-likeness (QED) is 0.744. The summed E-state index contributed by atoms with van der Waals surface area (Å²) in [6.45, 7) is 4.52. The van der Waals surface area contributed by atoms with Crippen LogP contribution in [0.3, 0.4) is 0 Å². The molecule has 5 nitrogen and oxygen atoms in total. The Morgan fingerprint density at radius 3 is 2.58 bits per heavy atom. The highest BCUT2D eigenvalue weighted by Crippen LogP contribution is 2.37. The summed E-state index contributed by atoms with van der Waals surface area (Å²) in [5, 5.41) is 2.77. The predicted octanol–water partition coefficient (Wildman–Crippen LogP) is 2.77. The zero-order valence-corrected chi connectivity index (χ0v) is 14.5. The summed E-state index contributed by atoms with van der Waals surface area (Å²) in [4.78, 5) is 14.0. The van der Waals surface area contributed by atoms with Gasteiger partial charge in [0.2, 0.25) is 5.91 Å². The minimum atomic E-state index is -0.151. The lowest BCUT2D eigenvalue weighted by Crippen LogP contribution is -2.24. The zero-order valence-electron chi connectivity index (χ0n) is 14.5. The molecule has 5 heteroatoms. The van der Waals surface area contributed by atoms with Gasteiger partial charge in [-0.15, -0.1) is 0 Å². The third-order valence-electron chi connectivity index (χ3n) is 5.10. The SMILES string of the molecule is COCC(=O)Nc1ccc(OCCCN2CC3CCCC3C2)cc1. The van der Waals surface area contributed by atoms with Crippen molar-refractivity contribution in [2.75, 3.05) is 45.3 Å². The van der Waals surface area contributed by atoms with Crippen LogP contribution in [0.15, 0.2) is 24.3 Å². The van der Waals surface area contributed by atoms with Gasteiger partial charge in [-0.05, 0) is 55.4 Å². The van der Waals surface area contributed by atoms with Crippen LogP contribution in [0.25, 0.3) is 0 Å². The van der Waals surface area contributed by atoms with Gasteiger partial charge in [-0.25, -0.2) is 0 Å². The first kappa shape index (κ1) is 17.2. The van der Waals surface area contributed by atoms with Gasteiger partial charge in [-0.3, -0.25) is 4.79 Å². The summed E-state index contributed by atoms with van der Waals surface area (Å²) in [5.41, 5.74) is 0.757. The number of hydrogen-bond acceptors (Lipinski definition) is 4. The smallest absolute Gasteiger partial charge is 0.250 e. The molecule has 1 aliphatic carbocycles. The van der Waals surface area contributed by atoms with E-state index in [1.54, 1.807) is 0 Å². The fourth-order valence-corrected chi connectivity index (χ4v) is 3.96. The normalized spacial score (nSPS) is 23.2. The van der Waals surface area contributed by atoms with Crippen molar-refractivity contribution >= 4 is 11.6 Å². The van der Waals surface area contributed by atoms with Gasteiger partial charge in [0.1, 0.15) is 12.4 Å². The average Bonchev–Trinajstić information content (AvgIpc) is 3.15. The highest BCUT2D eigenvalue weighted by atomic mass is 16.5. The topological polar surface area (TPSA) is 50.8 Å². The summed E-state index contributed by atoms with van der Waals surface area (Å²) in [7, 11) is 1.50. The number of methoxy groups -OCH3 is 1. The molecule has 0 bridgehead atoms. The maximum Gasteiger partial charge on any atom is 0.250 e. The molecule has 0 radical (unpaired) electrons. The van der Waals surface area contributed by atoms with Crippen LogP contribution in [0, 0.1) is 11.8 Å². The Morgan fingerprint density at radius 1 is 1.21 bits per heavy atom. The molecule has 1 amide bonds. The molecule has 2 unspecified atom stereocenters. The summed E-state index contributed by atoms with van der Waals surface area (Å²) in [5.74, 6) is 2.62. The molecule has 1 N–H and O–H groups in total. The Labute approximate surface area is 144 Å². The van der Waals surface area contributed by atoms with E-state index in [0.29, 0.717) is 0 Å². The molecular weight excluding hydrogens is 304 g/mol. The Morgan fingerprint density at radius 2 is 1.92 bits per heavy atom. The first-order valence-electron chi connectivity index (χ1n) is 8.98. The molecule has 1 aromatic rings. The maximum atomic E-state index is 11.4. The van der Waals surface area contributed by atoms with Gasteiger partial charge in [0, 0.05) is 32.4 Å². The van der Waals surface area contributed by atoms with Crippen molar-refractivity contribution in [3.05, 3.63) is 24.3 Å². The monoisotopic (exact) mass is 332 g/mol. The first-order chi connectivity index (χ1) is 11.7. The molecule has 1 aliphatic heterocycles. The van der Waals surface area contributed by atoms with Crippen LogP contribution in [0.5, 0.6) is 5.75 Å². The number of anilines is 1. The van der Waals surface area contributed by atoms with E-state index in [1.165, 1.54) is 39.5 Å². The van der Waals surface area contributed by atoms with Crippen LogP contribution in [0.4, 0.5) is 5.69 Å². The van der Waals surface area contributed by atoms with Crippen LogP contribution in [-0.2, 0) is 9.53 Å². The number of fused-ring (bicyclic) bond motifs is 1. The van der Waals surface area contributed by atoms with Gasteiger partial charge in [0.15, 0.2) is 0 Å². The number of ether oxygens (including phenoxy) is 2. The van der Waals surface area contributed by atoms with Crippen molar-refractivity contribution in [1.82, 2.24) is 4.90 Å². The van der Waals surface area contributed by atoms with Crippen molar-refractivity contribution in [2.45, 2.75) is 25.7 Å². The molecule has 2 aliphatic rings. The second-order valence-corrected chi connectivity index (χ2v) is 6.92. The third kappa shape index (κ3) is 4.71. The second-order valence-electron chi connectivity index (χ2n) is 6.92. The number of hydrogen-bond donors (Lipinski definition) is 1. The molecule has 0 spiro atoms. The molecule has 2 fully saturated rings. The number of rotatable bonds is 8. The minimum absolute atomic E-state index is 0.0659. The van der Waals surface area contributed by atoms with E-state index in [-0.39, 0.29) is 12.5 Å². The van der Waals surface area contributed by atoms with E-state index in [9.17, 15) is 4.79 Å². The van der Waals surface area contributed by atoms with Crippen molar-refractivity contribution in [3.63, 3.8) is 0 Å². The summed E-state index contributed by atoms with van der Waals surface area (Å²) >= 11 is 0. The second kappa shape index (κ2) is 8.49. The zero-order chi connectivity index (χ0) is 16.8. The van der Waals surface area contributed by atoms with Crippen LogP contribution in [-0.4, -0.2) is 50.8 Å². The number of carbonyl (C=O) groups is 1. The van der Waals surface area contributed by atoms with Crippen LogP contribution >= 0.6 is 0 Å². The van der Waals surface area contributed by atoms with Crippen molar-refractivity contribution in [3.8, 4) is 5.75 Å². The number of benzene rings is 1. The summed E-state index contributed by atoms with van der Waals surface area (Å²) in [6.07, 6.45) is 5.37. The van der Waals surface area contributed by atoms with E-state index in [0.717, 1.165) is 42.8 Å². The molecular formula is C19H28N2O3. The van der Waals surface area contributed by atoms with Crippen molar-refractivity contribution in [2.24, 2.45) is 11.8 Å². The van der Waals surface area contributed by atoms with E-state index in [4.69, 9.17) is 9.47 Å². The van der Waals surface area contributed by atoms with Crippen molar-refractivity contribution in [1.29, 1.82) is 0 Å². The van der Waals surface area contributed by atoms with Crippen molar-refractivity contribution < 1.29 is 14.3 Å². The maximum absolute atomic E-state index is 11.4. The van der Waals surface area contributed by atoms with Gasteiger partial charge in [-0.1, -0.05) is 6.42 Å². The molecule has 1 saturated heterocycles. The van der Waals surface area contributed by atoms with Gasteiger partial charge < -0.3 is 19.7 Å². The molecule has 3 rings (SSSR count). The molecule has 132 valence electrons. The van der Waals surface area contributed by atoms with E-state index in [1.807, 2.05) is 24.3 Å². The summed E-state index contributed by atoms with van der Waals surface area (Å²) < 4.78 is 10.6. The minimum Gasteiger partial charge on any atom is -0.494 e. The Bertz CT molecular complexity index is 520. The Hall–Kier alpha value is -1.59. The Kier molecular flexibility index (Phi) is 6.10. The Balaban J connectivity index is 1.33. The average molecular weight is 332 g/mol. The third-order valence-corrected chi connectivity index (χ3v) is 5.10. The largest absolute Gasteiger partial charge is 0.494 e. The lowest BCUT2D eigenvalue weighted by Gasteiger charge is -2.16. The summed E-state index contributed by atoms with van der Waals surface area (Å²) in [6, 6.07) is 7.49. The first-order valence-corrected chi connectivity index (χ1v) is 8.98. The fraction of sp³-hybridized carbons (Fsp3) is 0.632. The molecule has 1 heterocycles. The standard InChI is InChI=1S/C19H28N2O3/c1-23-14-19(22)20-17-6-8-18(9-7-17)24-11-3-10-21-12-15-4-2-5-16(15)13-21/h6-9,15-16H,2-5,10-14H2,1H3,(H,20,22). The van der Waals surface area contributed by atoms with Gasteiger partial charge in [0.05, 0.1) is 6.61 Å². The molecule has 0 aromatic heterocycles. The van der Waals surface area contributed by atoms with Gasteiger partial charge in [0.25, 0.3) is 0 Å².